The lowest BCUT2D eigenvalue weighted by atomic mass is 10.1. The average molecular weight is 280 g/mol. The summed E-state index contributed by atoms with van der Waals surface area (Å²) in [7, 11) is 0. The number of rotatable bonds is 3. The maximum atomic E-state index is 4.46. The minimum atomic E-state index is 0.777. The highest BCUT2D eigenvalue weighted by Gasteiger charge is 2.06. The highest BCUT2D eigenvalue weighted by molar-refractivity contribution is 9.10. The molecule has 16 heavy (non-hydrogen) atoms. The topological polar surface area (TPSA) is 41.6 Å². The second kappa shape index (κ2) is 4.78. The van der Waals surface area contributed by atoms with Gasteiger partial charge in [-0.3, -0.25) is 5.10 Å². The Morgan fingerprint density at radius 3 is 2.88 bits per heavy atom. The summed E-state index contributed by atoms with van der Waals surface area (Å²) in [5, 5.41) is 7.19. The number of benzene rings is 1. The van der Waals surface area contributed by atoms with Crippen molar-refractivity contribution in [2.24, 2.45) is 0 Å². The molecule has 3 nitrogen and oxygen atoms in total. The van der Waals surface area contributed by atoms with Crippen molar-refractivity contribution in [3.8, 4) is 11.4 Å². The Morgan fingerprint density at radius 1 is 1.38 bits per heavy atom. The summed E-state index contributed by atoms with van der Waals surface area (Å²) in [6, 6.07) is 6.14. The van der Waals surface area contributed by atoms with Gasteiger partial charge in [-0.05, 0) is 37.1 Å². The van der Waals surface area contributed by atoms with E-state index in [-0.39, 0.29) is 0 Å². The van der Waals surface area contributed by atoms with Crippen LogP contribution in [0.2, 0.25) is 0 Å². The van der Waals surface area contributed by atoms with Crippen molar-refractivity contribution in [1.29, 1.82) is 0 Å². The first-order valence-corrected chi connectivity index (χ1v) is 6.18. The van der Waals surface area contributed by atoms with Crippen LogP contribution in [0.3, 0.4) is 0 Å². The van der Waals surface area contributed by atoms with E-state index in [1.165, 1.54) is 5.56 Å². The van der Waals surface area contributed by atoms with Crippen molar-refractivity contribution in [3.05, 3.63) is 34.1 Å². The van der Waals surface area contributed by atoms with Crippen LogP contribution in [0.15, 0.2) is 22.7 Å². The van der Waals surface area contributed by atoms with E-state index in [0.717, 1.165) is 34.5 Å². The SMILES string of the molecule is CCCc1nc(-c2ccc(Br)c(C)c2)n[nH]1. The van der Waals surface area contributed by atoms with Gasteiger partial charge in [0.2, 0.25) is 0 Å². The highest BCUT2D eigenvalue weighted by atomic mass is 79.9. The Morgan fingerprint density at radius 2 is 2.19 bits per heavy atom. The second-order valence-corrected chi connectivity index (χ2v) is 4.67. The van der Waals surface area contributed by atoms with Gasteiger partial charge in [-0.2, -0.15) is 5.10 Å². The number of hydrogen-bond donors (Lipinski definition) is 1. The minimum Gasteiger partial charge on any atom is -0.263 e. The van der Waals surface area contributed by atoms with Crippen LogP contribution in [-0.2, 0) is 6.42 Å². The molecule has 0 aliphatic carbocycles. The van der Waals surface area contributed by atoms with Gasteiger partial charge in [-0.1, -0.05) is 22.9 Å². The monoisotopic (exact) mass is 279 g/mol. The quantitative estimate of drug-likeness (QED) is 0.935. The van der Waals surface area contributed by atoms with E-state index in [0.29, 0.717) is 0 Å². The zero-order valence-corrected chi connectivity index (χ0v) is 11.0. The molecule has 0 saturated carbocycles. The molecule has 4 heteroatoms. The van der Waals surface area contributed by atoms with Crippen molar-refractivity contribution < 1.29 is 0 Å². The molecule has 0 unspecified atom stereocenters. The van der Waals surface area contributed by atoms with Crippen LogP contribution < -0.4 is 0 Å². The van der Waals surface area contributed by atoms with E-state index in [9.17, 15) is 0 Å². The van der Waals surface area contributed by atoms with E-state index in [1.54, 1.807) is 0 Å². The van der Waals surface area contributed by atoms with Crippen LogP contribution in [0.25, 0.3) is 11.4 Å². The molecule has 0 amide bonds. The Hall–Kier alpha value is -1.16. The first-order valence-electron chi connectivity index (χ1n) is 5.38. The molecule has 0 radical (unpaired) electrons. The number of H-pyrrole nitrogens is 1. The van der Waals surface area contributed by atoms with E-state index < -0.39 is 0 Å². The van der Waals surface area contributed by atoms with E-state index in [1.807, 2.05) is 12.1 Å². The number of hydrogen-bond acceptors (Lipinski definition) is 2. The number of halogens is 1. The fourth-order valence-electron chi connectivity index (χ4n) is 1.56. The van der Waals surface area contributed by atoms with Gasteiger partial charge >= 0.3 is 0 Å². The molecule has 1 aromatic carbocycles. The standard InChI is InChI=1S/C12H14BrN3/c1-3-4-11-14-12(16-15-11)9-5-6-10(13)8(2)7-9/h5-7H,3-4H2,1-2H3,(H,14,15,16). The van der Waals surface area contributed by atoms with Crippen LogP contribution in [0.4, 0.5) is 0 Å². The molecule has 1 aromatic heterocycles. The fraction of sp³-hybridized carbons (Fsp3) is 0.333. The molecule has 0 fully saturated rings. The van der Waals surface area contributed by atoms with Gasteiger partial charge in [0.25, 0.3) is 0 Å². The van der Waals surface area contributed by atoms with Gasteiger partial charge in [0, 0.05) is 16.5 Å². The van der Waals surface area contributed by atoms with Gasteiger partial charge < -0.3 is 0 Å². The second-order valence-electron chi connectivity index (χ2n) is 3.82. The predicted molar refractivity (Wildman–Crippen MR) is 68.3 cm³/mol. The van der Waals surface area contributed by atoms with Crippen molar-refractivity contribution in [2.75, 3.05) is 0 Å². The molecule has 1 heterocycles. The summed E-state index contributed by atoms with van der Waals surface area (Å²) >= 11 is 3.48. The number of aryl methyl sites for hydroxylation is 2. The van der Waals surface area contributed by atoms with E-state index >= 15 is 0 Å². The minimum absolute atomic E-state index is 0.777. The summed E-state index contributed by atoms with van der Waals surface area (Å²) in [6.45, 7) is 4.19. The van der Waals surface area contributed by atoms with Crippen molar-refractivity contribution in [2.45, 2.75) is 26.7 Å². The fourth-order valence-corrected chi connectivity index (χ4v) is 1.80. The van der Waals surface area contributed by atoms with Gasteiger partial charge in [0.1, 0.15) is 5.82 Å². The maximum absolute atomic E-state index is 4.46. The molecule has 2 rings (SSSR count). The molecule has 0 aliphatic heterocycles. The Balaban J connectivity index is 2.31. The van der Waals surface area contributed by atoms with Crippen molar-refractivity contribution in [1.82, 2.24) is 15.2 Å². The van der Waals surface area contributed by atoms with E-state index in [2.05, 4.69) is 51.0 Å². The molecule has 0 atom stereocenters. The van der Waals surface area contributed by atoms with Gasteiger partial charge in [-0.25, -0.2) is 4.98 Å². The van der Waals surface area contributed by atoms with Gasteiger partial charge in [0.05, 0.1) is 0 Å². The van der Waals surface area contributed by atoms with Gasteiger partial charge in [-0.15, -0.1) is 0 Å². The first kappa shape index (κ1) is 11.3. The summed E-state index contributed by atoms with van der Waals surface area (Å²) in [5.74, 6) is 1.73. The molecular weight excluding hydrogens is 266 g/mol. The smallest absolute Gasteiger partial charge is 0.181 e. The maximum Gasteiger partial charge on any atom is 0.181 e. The number of nitrogens with zero attached hydrogens (tertiary/aromatic N) is 2. The van der Waals surface area contributed by atoms with Crippen LogP contribution in [0.5, 0.6) is 0 Å². The average Bonchev–Trinajstić information content (AvgIpc) is 2.71. The van der Waals surface area contributed by atoms with Crippen LogP contribution >= 0.6 is 15.9 Å². The largest absolute Gasteiger partial charge is 0.263 e. The summed E-state index contributed by atoms with van der Waals surface area (Å²) in [4.78, 5) is 4.46. The van der Waals surface area contributed by atoms with Crippen LogP contribution in [0, 0.1) is 6.92 Å². The van der Waals surface area contributed by atoms with Crippen LogP contribution in [-0.4, -0.2) is 15.2 Å². The molecular formula is C12H14BrN3. The third-order valence-electron chi connectivity index (χ3n) is 2.43. The molecule has 0 saturated heterocycles. The lowest BCUT2D eigenvalue weighted by Crippen LogP contribution is -1.86. The Labute approximate surface area is 103 Å². The number of nitrogens with one attached hydrogen (secondary N) is 1. The predicted octanol–water partition coefficient (Wildman–Crippen LogP) is 3.50. The molecule has 0 aliphatic rings. The Kier molecular flexibility index (Phi) is 3.39. The van der Waals surface area contributed by atoms with Crippen molar-refractivity contribution in [3.63, 3.8) is 0 Å². The molecule has 1 N–H and O–H groups in total. The highest BCUT2D eigenvalue weighted by Crippen LogP contribution is 2.22. The third kappa shape index (κ3) is 2.32. The summed E-state index contributed by atoms with van der Waals surface area (Å²) < 4.78 is 1.11. The van der Waals surface area contributed by atoms with Crippen molar-refractivity contribution >= 4 is 15.9 Å². The number of aromatic amines is 1. The molecule has 0 spiro atoms. The van der Waals surface area contributed by atoms with Crippen LogP contribution in [0.1, 0.15) is 24.7 Å². The Bertz CT molecular complexity index is 491. The summed E-state index contributed by atoms with van der Waals surface area (Å²) in [5.41, 5.74) is 2.25. The number of aromatic nitrogens is 3. The zero-order chi connectivity index (χ0) is 11.5. The van der Waals surface area contributed by atoms with Gasteiger partial charge in [0.15, 0.2) is 5.82 Å². The molecule has 0 bridgehead atoms. The molecule has 2 aromatic rings. The molecule has 84 valence electrons. The first-order chi connectivity index (χ1) is 7.70. The lowest BCUT2D eigenvalue weighted by molar-refractivity contribution is 0.841. The third-order valence-corrected chi connectivity index (χ3v) is 3.32. The lowest BCUT2D eigenvalue weighted by Gasteiger charge is -1.99. The normalized spacial score (nSPS) is 10.7. The zero-order valence-electron chi connectivity index (χ0n) is 9.42. The summed E-state index contributed by atoms with van der Waals surface area (Å²) in [6.07, 6.45) is 2.02. The van der Waals surface area contributed by atoms with E-state index in [4.69, 9.17) is 0 Å².